The van der Waals surface area contributed by atoms with Crippen LogP contribution in [0.4, 0.5) is 0 Å². The van der Waals surface area contributed by atoms with Crippen LogP contribution in [0.1, 0.15) is 6.92 Å². The van der Waals surface area contributed by atoms with Crippen LogP contribution in [0.15, 0.2) is 0 Å². The van der Waals surface area contributed by atoms with Crippen LogP contribution < -0.4 is 5.26 Å². The zero-order chi connectivity index (χ0) is 21.3. The minimum absolute atomic E-state index is 0.0220. The summed E-state index contributed by atoms with van der Waals surface area (Å²) in [7, 11) is -3.82. The summed E-state index contributed by atoms with van der Waals surface area (Å²) in [6.45, 7) is 0.913. The van der Waals surface area contributed by atoms with E-state index in [4.69, 9.17) is 23.7 Å². The molecular weight excluding hydrogens is 424 g/mol. The topological polar surface area (TPSA) is 195 Å². The molecule has 0 aromatic carbocycles. The van der Waals surface area contributed by atoms with Gasteiger partial charge in [-0.1, -0.05) is 0 Å². The Morgan fingerprint density at radius 3 is 2.48 bits per heavy atom. The number of methoxy groups -OCH3 is 1. The molecule has 170 valence electrons. The number of rotatable bonds is 8. The van der Waals surface area contributed by atoms with Gasteiger partial charge in [0.25, 0.3) is 0 Å². The van der Waals surface area contributed by atoms with Crippen molar-refractivity contribution >= 4 is 10.4 Å². The van der Waals surface area contributed by atoms with Crippen LogP contribution in [0.2, 0.25) is 0 Å². The quantitative estimate of drug-likeness (QED) is 0.159. The van der Waals surface area contributed by atoms with Crippen LogP contribution in [0.5, 0.6) is 0 Å². The van der Waals surface area contributed by atoms with E-state index in [-0.39, 0.29) is 6.61 Å². The van der Waals surface area contributed by atoms with Crippen molar-refractivity contribution in [3.63, 3.8) is 0 Å². The smallest absolute Gasteiger partial charge is 0.218 e. The molecule has 15 heteroatoms. The molecule has 0 spiro atoms. The van der Waals surface area contributed by atoms with Gasteiger partial charge in [-0.25, -0.2) is 13.3 Å². The van der Waals surface area contributed by atoms with E-state index in [9.17, 15) is 28.4 Å². The minimum atomic E-state index is -5.05. The molecule has 14 nitrogen and oxygen atoms in total. The zero-order valence-corrected chi connectivity index (χ0v) is 16.2. The van der Waals surface area contributed by atoms with Crippen LogP contribution in [0, 0.1) is 0 Å². The van der Waals surface area contributed by atoms with Gasteiger partial charge in [0.2, 0.25) is 10.4 Å². The Hall–Kier alpha value is -0.530. The third kappa shape index (κ3) is 4.87. The zero-order valence-electron chi connectivity index (χ0n) is 15.4. The number of aliphatic hydroxyl groups excluding tert-OH is 2. The molecule has 3 heterocycles. The predicted octanol–water partition coefficient (Wildman–Crippen LogP) is -3.91. The first-order chi connectivity index (χ1) is 13.7. The first-order valence-corrected chi connectivity index (χ1v) is 10.0. The Morgan fingerprint density at radius 1 is 1.17 bits per heavy atom. The van der Waals surface area contributed by atoms with Gasteiger partial charge in [0.1, 0.15) is 48.8 Å². The fourth-order valence-corrected chi connectivity index (χ4v) is 4.34. The summed E-state index contributed by atoms with van der Waals surface area (Å²) in [6.07, 6.45) is -11.2. The molecule has 0 aromatic rings. The van der Waals surface area contributed by atoms with Gasteiger partial charge in [0.05, 0.1) is 19.3 Å². The summed E-state index contributed by atoms with van der Waals surface area (Å²) in [5.74, 6) is 0. The van der Waals surface area contributed by atoms with Crippen molar-refractivity contribution < 1.29 is 66.2 Å². The molecule has 3 saturated heterocycles. The van der Waals surface area contributed by atoms with E-state index in [1.807, 2.05) is 0 Å². The fraction of sp³-hybridized carbons (Fsp3) is 1.00. The third-order valence-corrected chi connectivity index (χ3v) is 5.51. The van der Waals surface area contributed by atoms with E-state index in [2.05, 4.69) is 14.1 Å². The minimum Gasteiger partial charge on any atom is -0.726 e. The molecule has 3 aliphatic rings. The van der Waals surface area contributed by atoms with E-state index in [0.717, 1.165) is 0 Å². The Labute approximate surface area is 165 Å². The van der Waals surface area contributed by atoms with Crippen LogP contribution in [0.3, 0.4) is 0 Å². The molecular formula is C14H22O14S-2. The Balaban J connectivity index is 1.76. The highest BCUT2D eigenvalue weighted by molar-refractivity contribution is 7.80. The maximum Gasteiger partial charge on any atom is 0.218 e. The molecule has 3 rings (SSSR count). The molecule has 2 bridgehead atoms. The first kappa shape index (κ1) is 23.1. The van der Waals surface area contributed by atoms with Crippen molar-refractivity contribution in [1.29, 1.82) is 0 Å². The number of hydrogen-bond donors (Lipinski definition) is 2. The van der Waals surface area contributed by atoms with E-state index in [0.29, 0.717) is 0 Å². The summed E-state index contributed by atoms with van der Waals surface area (Å²) in [6, 6.07) is 0. The van der Waals surface area contributed by atoms with Crippen LogP contribution in [-0.4, -0.2) is 105 Å². The monoisotopic (exact) mass is 446 g/mol. The standard InChI is InChI=1S/C14H24O14S/c1-5-9(27-29(18,19)20)13-10(7(23-5)4-22-13)25-14-8(16)12(21-2)11(26-28-17)6(3-15)24-14/h5-17H,3-4H2,1-2H3,(H,18,19,20)/p-2. The second-order valence-corrected chi connectivity index (χ2v) is 7.80. The number of ether oxygens (including phenoxy) is 5. The van der Waals surface area contributed by atoms with Gasteiger partial charge in [-0.05, 0) is 6.92 Å². The van der Waals surface area contributed by atoms with E-state index < -0.39 is 78.2 Å². The SMILES string of the molecule is COC1C(O)C(OC2C3COC2C(OS(=O)(=O)[O-])C(C)O3)OC(CO)C1OO[O-]. The lowest BCUT2D eigenvalue weighted by Crippen LogP contribution is -2.63. The molecule has 0 aliphatic carbocycles. The molecule has 0 aromatic heterocycles. The highest BCUT2D eigenvalue weighted by Crippen LogP contribution is 2.36. The molecule has 0 saturated carbocycles. The van der Waals surface area contributed by atoms with Crippen molar-refractivity contribution in [3.05, 3.63) is 0 Å². The second-order valence-electron chi connectivity index (χ2n) is 6.79. The molecule has 0 amide bonds. The lowest BCUT2D eigenvalue weighted by molar-refractivity contribution is -0.808. The molecule has 10 unspecified atom stereocenters. The fourth-order valence-electron chi connectivity index (χ4n) is 3.80. The summed E-state index contributed by atoms with van der Waals surface area (Å²) >= 11 is 0. The van der Waals surface area contributed by atoms with E-state index in [1.54, 1.807) is 0 Å². The van der Waals surface area contributed by atoms with Crippen molar-refractivity contribution in [2.24, 2.45) is 0 Å². The molecule has 2 N–H and O–H groups in total. The van der Waals surface area contributed by atoms with E-state index in [1.165, 1.54) is 14.0 Å². The third-order valence-electron chi connectivity index (χ3n) is 5.06. The largest absolute Gasteiger partial charge is 0.726 e. The lowest BCUT2D eigenvalue weighted by atomic mass is 9.96. The average molecular weight is 446 g/mol. The predicted molar refractivity (Wildman–Crippen MR) is 82.0 cm³/mol. The normalized spacial score (nSPS) is 45.4. The maximum absolute atomic E-state index is 11.0. The molecule has 29 heavy (non-hydrogen) atoms. The molecule has 3 fully saturated rings. The maximum atomic E-state index is 11.0. The Morgan fingerprint density at radius 2 is 1.90 bits per heavy atom. The van der Waals surface area contributed by atoms with Gasteiger partial charge < -0.3 is 43.7 Å². The average Bonchev–Trinajstić information content (AvgIpc) is 2.95. The molecule has 10 atom stereocenters. The first-order valence-electron chi connectivity index (χ1n) is 8.69. The highest BCUT2D eigenvalue weighted by atomic mass is 32.3. The van der Waals surface area contributed by atoms with Crippen molar-refractivity contribution in [2.75, 3.05) is 20.3 Å². The summed E-state index contributed by atoms with van der Waals surface area (Å²) in [4.78, 5) is 4.49. The van der Waals surface area contributed by atoms with Gasteiger partial charge in [-0.3, -0.25) is 9.22 Å². The Bertz CT molecular complexity index is 644. The highest BCUT2D eigenvalue weighted by Gasteiger charge is 2.55. The van der Waals surface area contributed by atoms with Gasteiger partial charge in [0, 0.05) is 7.11 Å². The summed E-state index contributed by atoms with van der Waals surface area (Å²) < 4.78 is 65.1. The lowest BCUT2D eigenvalue weighted by Gasteiger charge is -2.45. The van der Waals surface area contributed by atoms with Crippen molar-refractivity contribution in [2.45, 2.75) is 68.1 Å². The van der Waals surface area contributed by atoms with Crippen LogP contribution in [0.25, 0.3) is 0 Å². The van der Waals surface area contributed by atoms with Gasteiger partial charge in [-0.15, -0.1) is 0 Å². The van der Waals surface area contributed by atoms with Gasteiger partial charge >= 0.3 is 0 Å². The number of hydrogen-bond acceptors (Lipinski definition) is 14. The summed E-state index contributed by atoms with van der Waals surface area (Å²) in [5.41, 5.74) is 0. The van der Waals surface area contributed by atoms with Crippen molar-refractivity contribution in [1.82, 2.24) is 0 Å². The van der Waals surface area contributed by atoms with Crippen LogP contribution >= 0.6 is 0 Å². The molecule has 0 radical (unpaired) electrons. The second kappa shape index (κ2) is 9.31. The van der Waals surface area contributed by atoms with Gasteiger partial charge in [0.15, 0.2) is 6.29 Å². The Kier molecular flexibility index (Phi) is 7.43. The molecule has 3 aliphatic heterocycles. The van der Waals surface area contributed by atoms with Crippen LogP contribution in [-0.2, 0) is 48.2 Å². The summed E-state index contributed by atoms with van der Waals surface area (Å²) in [5, 5.41) is 33.8. The van der Waals surface area contributed by atoms with E-state index >= 15 is 0 Å². The van der Waals surface area contributed by atoms with Crippen molar-refractivity contribution in [3.8, 4) is 0 Å². The number of fused-ring (bicyclic) bond motifs is 2. The van der Waals surface area contributed by atoms with Gasteiger partial charge in [-0.2, -0.15) is 0 Å². The number of aliphatic hydroxyl groups is 2.